The maximum atomic E-state index is 13.2. The highest BCUT2D eigenvalue weighted by atomic mass is 19.1. The SMILES string of the molecule is OB(O)c1cc(COc2cc(F)cc(F)c2)ccc1F. The summed E-state index contributed by atoms with van der Waals surface area (Å²) < 4.78 is 44.3. The van der Waals surface area contributed by atoms with Crippen molar-refractivity contribution in [2.75, 3.05) is 0 Å². The lowest BCUT2D eigenvalue weighted by Gasteiger charge is -2.09. The van der Waals surface area contributed by atoms with Gasteiger partial charge in [0.1, 0.15) is 29.8 Å². The molecular formula is C13H10BF3O3. The van der Waals surface area contributed by atoms with Gasteiger partial charge in [0.25, 0.3) is 0 Å². The first-order valence-corrected chi connectivity index (χ1v) is 5.69. The van der Waals surface area contributed by atoms with E-state index in [1.807, 2.05) is 0 Å². The molecule has 0 aliphatic heterocycles. The second-order valence-corrected chi connectivity index (χ2v) is 4.12. The first-order valence-electron chi connectivity index (χ1n) is 5.69. The topological polar surface area (TPSA) is 49.7 Å². The molecule has 0 saturated heterocycles. The van der Waals surface area contributed by atoms with Gasteiger partial charge in [-0.15, -0.1) is 0 Å². The van der Waals surface area contributed by atoms with Crippen molar-refractivity contribution in [1.29, 1.82) is 0 Å². The van der Waals surface area contributed by atoms with E-state index in [2.05, 4.69) is 0 Å². The van der Waals surface area contributed by atoms with Crippen molar-refractivity contribution in [2.24, 2.45) is 0 Å². The Kier molecular flexibility index (Phi) is 4.31. The molecule has 3 nitrogen and oxygen atoms in total. The fraction of sp³-hybridized carbons (Fsp3) is 0.0769. The lowest BCUT2D eigenvalue weighted by atomic mass is 9.79. The molecule has 0 amide bonds. The van der Waals surface area contributed by atoms with Gasteiger partial charge in [-0.05, 0) is 11.6 Å². The number of halogens is 3. The van der Waals surface area contributed by atoms with Crippen molar-refractivity contribution in [2.45, 2.75) is 6.61 Å². The fourth-order valence-corrected chi connectivity index (χ4v) is 1.66. The molecule has 0 radical (unpaired) electrons. The molecular weight excluding hydrogens is 272 g/mol. The highest BCUT2D eigenvalue weighted by Gasteiger charge is 2.16. The molecule has 7 heteroatoms. The van der Waals surface area contributed by atoms with Gasteiger partial charge in [0.15, 0.2) is 0 Å². The fourth-order valence-electron chi connectivity index (χ4n) is 1.66. The highest BCUT2D eigenvalue weighted by Crippen LogP contribution is 2.16. The van der Waals surface area contributed by atoms with Gasteiger partial charge >= 0.3 is 7.12 Å². The van der Waals surface area contributed by atoms with Gasteiger partial charge in [-0.1, -0.05) is 12.1 Å². The Morgan fingerprint density at radius 2 is 1.60 bits per heavy atom. The van der Waals surface area contributed by atoms with Crippen molar-refractivity contribution in [3.63, 3.8) is 0 Å². The van der Waals surface area contributed by atoms with Crippen molar-refractivity contribution in [1.82, 2.24) is 0 Å². The third-order valence-corrected chi connectivity index (χ3v) is 2.58. The predicted octanol–water partition coefficient (Wildman–Crippen LogP) is 1.36. The quantitative estimate of drug-likeness (QED) is 0.832. The summed E-state index contributed by atoms with van der Waals surface area (Å²) in [5.74, 6) is -2.32. The minimum atomic E-state index is -1.94. The van der Waals surface area contributed by atoms with Crippen LogP contribution in [0.2, 0.25) is 0 Å². The Bertz CT molecular complexity index is 600. The van der Waals surface area contributed by atoms with E-state index in [0.717, 1.165) is 18.2 Å². The van der Waals surface area contributed by atoms with Gasteiger partial charge in [-0.2, -0.15) is 0 Å². The van der Waals surface area contributed by atoms with E-state index in [0.29, 0.717) is 11.6 Å². The predicted molar refractivity (Wildman–Crippen MR) is 66.9 cm³/mol. The number of ether oxygens (including phenoxy) is 1. The monoisotopic (exact) mass is 282 g/mol. The Labute approximate surface area is 113 Å². The number of rotatable bonds is 4. The van der Waals surface area contributed by atoms with Gasteiger partial charge in [-0.3, -0.25) is 0 Å². The summed E-state index contributed by atoms with van der Waals surface area (Å²) in [6.45, 7) is -0.0944. The number of benzene rings is 2. The molecule has 2 aromatic rings. The van der Waals surface area contributed by atoms with Crippen molar-refractivity contribution >= 4 is 12.6 Å². The van der Waals surface area contributed by atoms with E-state index in [-0.39, 0.29) is 17.8 Å². The Morgan fingerprint density at radius 3 is 2.20 bits per heavy atom. The van der Waals surface area contributed by atoms with E-state index in [1.165, 1.54) is 12.1 Å². The normalized spacial score (nSPS) is 10.4. The largest absolute Gasteiger partial charge is 0.491 e. The molecule has 0 aromatic heterocycles. The standard InChI is InChI=1S/C13H10BF3O3/c15-9-4-10(16)6-11(5-9)20-7-8-1-2-13(17)12(3-8)14(18)19/h1-6,18-19H,7H2. The minimum absolute atomic E-state index is 0.0158. The molecule has 0 unspecified atom stereocenters. The van der Waals surface area contributed by atoms with E-state index in [1.54, 1.807) is 0 Å². The molecule has 0 spiro atoms. The van der Waals surface area contributed by atoms with Gasteiger partial charge < -0.3 is 14.8 Å². The van der Waals surface area contributed by atoms with Crippen LogP contribution in [0.5, 0.6) is 5.75 Å². The van der Waals surface area contributed by atoms with Crippen molar-refractivity contribution < 1.29 is 28.0 Å². The van der Waals surface area contributed by atoms with Crippen LogP contribution in [-0.2, 0) is 6.61 Å². The molecule has 0 fully saturated rings. The maximum absolute atomic E-state index is 13.2. The Morgan fingerprint density at radius 1 is 0.950 bits per heavy atom. The molecule has 0 bridgehead atoms. The minimum Gasteiger partial charge on any atom is -0.489 e. The zero-order valence-electron chi connectivity index (χ0n) is 10.2. The van der Waals surface area contributed by atoms with Crippen molar-refractivity contribution in [3.05, 3.63) is 59.4 Å². The molecule has 20 heavy (non-hydrogen) atoms. The van der Waals surface area contributed by atoms with Crippen LogP contribution in [0.25, 0.3) is 0 Å². The third-order valence-electron chi connectivity index (χ3n) is 2.58. The first kappa shape index (κ1) is 14.4. The van der Waals surface area contributed by atoms with E-state index >= 15 is 0 Å². The number of hydrogen-bond donors (Lipinski definition) is 2. The molecule has 2 N–H and O–H groups in total. The Balaban J connectivity index is 2.12. The molecule has 0 aliphatic carbocycles. The zero-order chi connectivity index (χ0) is 14.7. The average molecular weight is 282 g/mol. The van der Waals surface area contributed by atoms with Crippen LogP contribution in [0.1, 0.15) is 5.56 Å². The van der Waals surface area contributed by atoms with Crippen LogP contribution in [0.3, 0.4) is 0 Å². The summed E-state index contributed by atoms with van der Waals surface area (Å²) in [7, 11) is -1.94. The Hall–Kier alpha value is -1.99. The van der Waals surface area contributed by atoms with E-state index < -0.39 is 24.6 Å². The van der Waals surface area contributed by atoms with Gasteiger partial charge in [0.05, 0.1) is 0 Å². The average Bonchev–Trinajstić information content (AvgIpc) is 2.36. The van der Waals surface area contributed by atoms with E-state index in [9.17, 15) is 13.2 Å². The van der Waals surface area contributed by atoms with Gasteiger partial charge in [0.2, 0.25) is 0 Å². The second-order valence-electron chi connectivity index (χ2n) is 4.12. The summed E-state index contributed by atoms with van der Waals surface area (Å²) in [4.78, 5) is 0. The molecule has 0 heterocycles. The van der Waals surface area contributed by atoms with Crippen LogP contribution in [0, 0.1) is 17.5 Å². The third kappa shape index (κ3) is 3.52. The second kappa shape index (κ2) is 5.98. The highest BCUT2D eigenvalue weighted by molar-refractivity contribution is 6.58. The molecule has 0 atom stereocenters. The van der Waals surface area contributed by atoms with Crippen LogP contribution >= 0.6 is 0 Å². The molecule has 0 saturated carbocycles. The first-order chi connectivity index (χ1) is 9.45. The lowest BCUT2D eigenvalue weighted by molar-refractivity contribution is 0.302. The molecule has 2 rings (SSSR count). The summed E-state index contributed by atoms with van der Waals surface area (Å²) in [6.07, 6.45) is 0. The summed E-state index contributed by atoms with van der Waals surface area (Å²) in [6, 6.07) is 6.36. The molecule has 2 aromatic carbocycles. The molecule has 104 valence electrons. The summed E-state index contributed by atoms with van der Waals surface area (Å²) >= 11 is 0. The van der Waals surface area contributed by atoms with E-state index in [4.69, 9.17) is 14.8 Å². The lowest BCUT2D eigenvalue weighted by Crippen LogP contribution is -2.33. The molecule has 0 aliphatic rings. The summed E-state index contributed by atoms with van der Waals surface area (Å²) in [5.41, 5.74) is 0.135. The summed E-state index contributed by atoms with van der Waals surface area (Å²) in [5, 5.41) is 17.9. The van der Waals surface area contributed by atoms with Crippen LogP contribution in [-0.4, -0.2) is 17.2 Å². The zero-order valence-corrected chi connectivity index (χ0v) is 10.2. The van der Waals surface area contributed by atoms with Gasteiger partial charge in [-0.25, -0.2) is 13.2 Å². The number of hydrogen-bond acceptors (Lipinski definition) is 3. The van der Waals surface area contributed by atoms with Gasteiger partial charge in [0, 0.05) is 23.7 Å². The van der Waals surface area contributed by atoms with Crippen molar-refractivity contribution in [3.8, 4) is 5.75 Å². The van der Waals surface area contributed by atoms with Crippen LogP contribution in [0.4, 0.5) is 13.2 Å². The van der Waals surface area contributed by atoms with Crippen LogP contribution < -0.4 is 10.2 Å². The smallest absolute Gasteiger partial charge is 0.489 e. The maximum Gasteiger partial charge on any atom is 0.491 e. The van der Waals surface area contributed by atoms with Crippen LogP contribution in [0.15, 0.2) is 36.4 Å².